The van der Waals surface area contributed by atoms with Crippen LogP contribution in [0.5, 0.6) is 11.5 Å². The van der Waals surface area contributed by atoms with E-state index in [-0.39, 0.29) is 43.1 Å². The molecule has 2 amide bonds. The van der Waals surface area contributed by atoms with Crippen molar-refractivity contribution >= 4 is 18.1 Å². The minimum absolute atomic E-state index is 0.0151. The molecule has 0 radical (unpaired) electrons. The van der Waals surface area contributed by atoms with Gasteiger partial charge in [0.25, 0.3) is 0 Å². The summed E-state index contributed by atoms with van der Waals surface area (Å²) in [5, 5.41) is 24.5. The lowest BCUT2D eigenvalue weighted by molar-refractivity contribution is -0.154. The van der Waals surface area contributed by atoms with Gasteiger partial charge in [-0.3, -0.25) is 14.4 Å². The highest BCUT2D eigenvalue weighted by molar-refractivity contribution is 5.96. The van der Waals surface area contributed by atoms with Crippen LogP contribution in [0.4, 0.5) is 0 Å². The molecule has 0 unspecified atom stereocenters. The number of hydrogen-bond acceptors (Lipinski definition) is 8. The Kier molecular flexibility index (Phi) is 10.5. The van der Waals surface area contributed by atoms with Crippen molar-refractivity contribution in [1.29, 1.82) is 0 Å². The molecule has 1 heterocycles. The van der Waals surface area contributed by atoms with Gasteiger partial charge in [0.15, 0.2) is 11.5 Å². The molecule has 5 aliphatic carbocycles. The van der Waals surface area contributed by atoms with Crippen molar-refractivity contribution in [3.63, 3.8) is 0 Å². The number of rotatable bonds is 12. The van der Waals surface area contributed by atoms with Gasteiger partial charge in [0.2, 0.25) is 11.8 Å². The van der Waals surface area contributed by atoms with Gasteiger partial charge in [0.05, 0.1) is 31.8 Å². The summed E-state index contributed by atoms with van der Waals surface area (Å²) in [6.45, 7) is 11.5. The summed E-state index contributed by atoms with van der Waals surface area (Å²) < 4.78 is 18.5. The number of aldehydes is 1. The van der Waals surface area contributed by atoms with Crippen LogP contribution in [0.15, 0.2) is 23.8 Å². The van der Waals surface area contributed by atoms with E-state index in [4.69, 9.17) is 14.2 Å². The number of hydrogen-bond donors (Lipinski definition) is 3. The van der Waals surface area contributed by atoms with Crippen molar-refractivity contribution in [2.75, 3.05) is 33.4 Å². The van der Waals surface area contributed by atoms with Crippen LogP contribution in [0, 0.1) is 40.9 Å². The van der Waals surface area contributed by atoms with E-state index >= 15 is 0 Å². The summed E-state index contributed by atoms with van der Waals surface area (Å²) in [4.78, 5) is 41.9. The minimum Gasteiger partial charge on any atom is -0.493 e. The number of benzene rings is 1. The summed E-state index contributed by atoms with van der Waals surface area (Å²) in [5.74, 6) is 2.13. The number of amides is 2. The Labute approximate surface area is 290 Å². The monoisotopic (exact) mass is 680 g/mol. The maximum Gasteiger partial charge on any atom is 0.249 e. The van der Waals surface area contributed by atoms with Crippen LogP contribution in [-0.4, -0.2) is 91.0 Å². The average molecular weight is 681 g/mol. The van der Waals surface area contributed by atoms with E-state index in [1.165, 1.54) is 7.11 Å². The number of carbonyl (C=O) groups excluding carboxylic acids is 3. The molecule has 3 N–H and O–H groups in total. The van der Waals surface area contributed by atoms with Gasteiger partial charge >= 0.3 is 0 Å². The van der Waals surface area contributed by atoms with Crippen LogP contribution in [0.25, 0.3) is 0 Å². The fourth-order valence-electron chi connectivity index (χ4n) is 9.95. The second-order valence-corrected chi connectivity index (χ2v) is 16.3. The quantitative estimate of drug-likeness (QED) is 0.275. The van der Waals surface area contributed by atoms with Crippen molar-refractivity contribution in [2.45, 2.75) is 103 Å². The third-order valence-electron chi connectivity index (χ3n) is 12.9. The fraction of sp³-hybridized carbons (Fsp3) is 0.718. The molecule has 270 valence electrons. The van der Waals surface area contributed by atoms with E-state index in [0.29, 0.717) is 70.6 Å². The van der Waals surface area contributed by atoms with E-state index in [1.54, 1.807) is 23.1 Å². The first kappa shape index (κ1) is 35.9. The average Bonchev–Trinajstić information content (AvgIpc) is 3.48. The lowest BCUT2D eigenvalue weighted by atomic mass is 9.45. The summed E-state index contributed by atoms with van der Waals surface area (Å²) in [5.41, 5.74) is 1.44. The molecular formula is C39H56N2O8. The molecule has 7 rings (SSSR count). The van der Waals surface area contributed by atoms with Gasteiger partial charge in [-0.25, -0.2) is 0 Å². The zero-order chi connectivity index (χ0) is 35.2. The number of nitrogens with zero attached hydrogens (tertiary/aromatic N) is 1. The SMILES string of the molecule is COc1cc(C=O)cc2c1O[C@@H]1[C@@H](O)[C@H](N(C[C@@H]3CC[C@H]4C[C@@H]3C4(C)C)C(=O)CO[C@H]3C[C@@H](C)CC[C@@H]3C(C)C)C=C(C(=O)NCCO)[C@H]21. The smallest absolute Gasteiger partial charge is 0.249 e. The van der Waals surface area contributed by atoms with E-state index < -0.39 is 30.1 Å². The number of fused-ring (bicyclic) bond motifs is 5. The second-order valence-electron chi connectivity index (χ2n) is 16.3. The predicted molar refractivity (Wildman–Crippen MR) is 184 cm³/mol. The van der Waals surface area contributed by atoms with Gasteiger partial charge in [0, 0.05) is 29.8 Å². The van der Waals surface area contributed by atoms with Crippen LogP contribution in [0.2, 0.25) is 0 Å². The Hall–Kier alpha value is -2.95. The number of nitrogens with one attached hydrogen (secondary N) is 1. The van der Waals surface area contributed by atoms with Gasteiger partial charge < -0.3 is 34.6 Å². The Balaban J connectivity index is 1.36. The van der Waals surface area contributed by atoms with Crippen LogP contribution >= 0.6 is 0 Å². The second kappa shape index (κ2) is 14.3. The molecule has 6 aliphatic rings. The van der Waals surface area contributed by atoms with Crippen molar-refractivity contribution in [3.8, 4) is 11.5 Å². The number of carbonyl (C=O) groups is 3. The molecule has 1 aliphatic heterocycles. The number of aliphatic hydroxyl groups excluding tert-OH is 2. The third-order valence-corrected chi connectivity index (χ3v) is 12.9. The number of ether oxygens (including phenoxy) is 3. The molecule has 1 aromatic carbocycles. The Bertz CT molecular complexity index is 1440. The largest absolute Gasteiger partial charge is 0.493 e. The van der Waals surface area contributed by atoms with E-state index in [0.717, 1.165) is 38.5 Å². The first-order chi connectivity index (χ1) is 23.4. The molecule has 49 heavy (non-hydrogen) atoms. The summed E-state index contributed by atoms with van der Waals surface area (Å²) in [7, 11) is 1.48. The highest BCUT2D eigenvalue weighted by Crippen LogP contribution is 2.61. The van der Waals surface area contributed by atoms with Crippen molar-refractivity contribution in [2.24, 2.45) is 40.9 Å². The minimum atomic E-state index is -1.18. The Morgan fingerprint density at radius 2 is 1.94 bits per heavy atom. The molecular weight excluding hydrogens is 624 g/mol. The molecule has 0 spiro atoms. The lowest BCUT2D eigenvalue weighted by Crippen LogP contribution is -2.60. The maximum atomic E-state index is 14.5. The molecule has 0 aromatic heterocycles. The van der Waals surface area contributed by atoms with E-state index in [1.807, 2.05) is 0 Å². The predicted octanol–water partition coefficient (Wildman–Crippen LogP) is 4.51. The molecule has 4 saturated carbocycles. The van der Waals surface area contributed by atoms with Crippen molar-refractivity contribution in [1.82, 2.24) is 10.2 Å². The molecule has 0 saturated heterocycles. The maximum absolute atomic E-state index is 14.5. The van der Waals surface area contributed by atoms with E-state index in [2.05, 4.69) is 39.9 Å². The van der Waals surface area contributed by atoms with Crippen molar-refractivity contribution in [3.05, 3.63) is 34.9 Å². The molecule has 2 bridgehead atoms. The summed E-state index contributed by atoms with van der Waals surface area (Å²) >= 11 is 0. The Morgan fingerprint density at radius 3 is 2.59 bits per heavy atom. The van der Waals surface area contributed by atoms with Crippen LogP contribution in [0.1, 0.15) is 95.0 Å². The zero-order valence-electron chi connectivity index (χ0n) is 30.0. The lowest BCUT2D eigenvalue weighted by Gasteiger charge is -2.61. The fourth-order valence-corrected chi connectivity index (χ4v) is 9.95. The number of aliphatic hydroxyl groups is 2. The molecule has 4 fully saturated rings. The van der Waals surface area contributed by atoms with Crippen LogP contribution in [-0.2, 0) is 14.3 Å². The van der Waals surface area contributed by atoms with Gasteiger partial charge in [-0.15, -0.1) is 0 Å². The topological polar surface area (TPSA) is 135 Å². The van der Waals surface area contributed by atoms with Crippen LogP contribution < -0.4 is 14.8 Å². The Morgan fingerprint density at radius 1 is 1.16 bits per heavy atom. The first-order valence-corrected chi connectivity index (χ1v) is 18.4. The highest BCUT2D eigenvalue weighted by Gasteiger charge is 2.56. The number of methoxy groups -OCH3 is 1. The van der Waals surface area contributed by atoms with Crippen LogP contribution in [0.3, 0.4) is 0 Å². The summed E-state index contributed by atoms with van der Waals surface area (Å²) in [6, 6.07) is 2.38. The third kappa shape index (κ3) is 6.65. The van der Waals surface area contributed by atoms with Gasteiger partial charge in [-0.1, -0.05) is 41.0 Å². The standard InChI is InChI=1S/C39H56N2O8/c1-21(2)26-10-7-22(3)13-31(26)48-20-33(44)41(18-24-8-9-25-16-29(24)39(25,4)5)30-17-28(38(46)40-11-12-42)34-27-14-23(19-43)15-32(47-6)36(27)49-37(34)35(30)45/h14-15,17,19,21-22,24-26,29-31,34-35,37,42,45H,7-13,16,18,20H2,1-6H3,(H,40,46)/t22-,24-,25-,26+,29-,30+,31-,34-,35-,37-/m0/s1. The van der Waals surface area contributed by atoms with Crippen molar-refractivity contribution < 1.29 is 38.8 Å². The molecule has 10 heteroatoms. The van der Waals surface area contributed by atoms with Gasteiger partial charge in [0.1, 0.15) is 25.1 Å². The molecule has 1 aromatic rings. The molecule has 10 atom stereocenters. The zero-order valence-corrected chi connectivity index (χ0v) is 30.0. The van der Waals surface area contributed by atoms with Gasteiger partial charge in [-0.2, -0.15) is 0 Å². The van der Waals surface area contributed by atoms with Gasteiger partial charge in [-0.05, 0) is 91.2 Å². The highest BCUT2D eigenvalue weighted by atomic mass is 16.5. The summed E-state index contributed by atoms with van der Waals surface area (Å²) in [6.07, 6.45) is 6.74. The normalized spacial score (nSPS) is 34.1. The first-order valence-electron chi connectivity index (χ1n) is 18.4. The van der Waals surface area contributed by atoms with E-state index in [9.17, 15) is 24.6 Å². The molecule has 10 nitrogen and oxygen atoms in total.